The van der Waals surface area contributed by atoms with Crippen LogP contribution in [0.1, 0.15) is 24.0 Å². The van der Waals surface area contributed by atoms with E-state index in [4.69, 9.17) is 9.84 Å². The Bertz CT molecular complexity index is 593. The van der Waals surface area contributed by atoms with E-state index in [9.17, 15) is 13.2 Å². The van der Waals surface area contributed by atoms with Crippen LogP contribution in [0, 0.1) is 6.92 Å². The molecule has 1 aromatic carbocycles. The number of hydrogen-bond acceptors (Lipinski definition) is 4. The van der Waals surface area contributed by atoms with E-state index in [0.717, 1.165) is 11.1 Å². The average molecular weight is 298 g/mol. The Balaban J connectivity index is 1.97. The van der Waals surface area contributed by atoms with E-state index in [2.05, 4.69) is 0 Å². The minimum Gasteiger partial charge on any atom is -0.479 e. The largest absolute Gasteiger partial charge is 0.479 e. The van der Waals surface area contributed by atoms with Crippen molar-refractivity contribution in [2.75, 3.05) is 5.75 Å². The van der Waals surface area contributed by atoms with E-state index in [1.54, 1.807) is 6.07 Å². The summed E-state index contributed by atoms with van der Waals surface area (Å²) in [5, 5.41) is 8.82. The van der Waals surface area contributed by atoms with Crippen molar-refractivity contribution in [1.29, 1.82) is 0 Å². The van der Waals surface area contributed by atoms with Crippen molar-refractivity contribution < 1.29 is 23.1 Å². The minimum atomic E-state index is -3.30. The molecule has 0 radical (unpaired) electrons. The molecule has 1 aromatic rings. The van der Waals surface area contributed by atoms with Crippen molar-refractivity contribution in [3.63, 3.8) is 0 Å². The molecule has 110 valence electrons. The lowest BCUT2D eigenvalue weighted by molar-refractivity contribution is -0.148. The maximum atomic E-state index is 12.1. The first-order chi connectivity index (χ1) is 9.35. The number of carboxylic acid groups (broad SMARTS) is 1. The lowest BCUT2D eigenvalue weighted by Gasteiger charge is -2.12. The molecule has 20 heavy (non-hydrogen) atoms. The zero-order valence-corrected chi connectivity index (χ0v) is 12.1. The van der Waals surface area contributed by atoms with Crippen molar-refractivity contribution in [3.05, 3.63) is 35.4 Å². The second-order valence-corrected chi connectivity index (χ2v) is 7.32. The van der Waals surface area contributed by atoms with Crippen LogP contribution in [0.25, 0.3) is 0 Å². The SMILES string of the molecule is Cc1cccc(CS(=O)(=O)CC2CCC(C(=O)O)O2)c1. The highest BCUT2D eigenvalue weighted by Gasteiger charge is 2.33. The average Bonchev–Trinajstić information content (AvgIpc) is 2.75. The van der Waals surface area contributed by atoms with Gasteiger partial charge in [-0.25, -0.2) is 13.2 Å². The van der Waals surface area contributed by atoms with Crippen LogP contribution in [0.5, 0.6) is 0 Å². The Morgan fingerprint density at radius 2 is 2.15 bits per heavy atom. The van der Waals surface area contributed by atoms with E-state index >= 15 is 0 Å². The minimum absolute atomic E-state index is 0.0354. The highest BCUT2D eigenvalue weighted by atomic mass is 32.2. The zero-order valence-electron chi connectivity index (χ0n) is 11.3. The second kappa shape index (κ2) is 5.93. The number of sulfone groups is 1. The number of carbonyl (C=O) groups is 1. The van der Waals surface area contributed by atoms with Crippen molar-refractivity contribution in [2.24, 2.45) is 0 Å². The maximum Gasteiger partial charge on any atom is 0.332 e. The molecule has 1 fully saturated rings. The van der Waals surface area contributed by atoms with Crippen LogP contribution in [-0.2, 0) is 25.1 Å². The molecule has 0 aliphatic carbocycles. The van der Waals surface area contributed by atoms with Gasteiger partial charge >= 0.3 is 5.97 Å². The van der Waals surface area contributed by atoms with Crippen LogP contribution in [0.2, 0.25) is 0 Å². The lowest BCUT2D eigenvalue weighted by Crippen LogP contribution is -2.25. The summed E-state index contributed by atoms with van der Waals surface area (Å²) < 4.78 is 29.5. The molecule has 5 nitrogen and oxygen atoms in total. The van der Waals surface area contributed by atoms with E-state index in [0.29, 0.717) is 12.8 Å². The second-order valence-electron chi connectivity index (χ2n) is 5.21. The molecule has 1 N–H and O–H groups in total. The molecule has 0 aromatic heterocycles. The fourth-order valence-corrected chi connectivity index (χ4v) is 4.02. The molecule has 0 bridgehead atoms. The van der Waals surface area contributed by atoms with Crippen LogP contribution < -0.4 is 0 Å². The quantitative estimate of drug-likeness (QED) is 0.892. The van der Waals surface area contributed by atoms with Gasteiger partial charge in [0.1, 0.15) is 0 Å². The molecule has 0 amide bonds. The summed E-state index contributed by atoms with van der Waals surface area (Å²) in [5.41, 5.74) is 1.76. The van der Waals surface area contributed by atoms with Crippen LogP contribution in [0.4, 0.5) is 0 Å². The summed E-state index contributed by atoms with van der Waals surface area (Å²) in [6.45, 7) is 1.91. The fraction of sp³-hybridized carbons (Fsp3) is 0.500. The number of aryl methyl sites for hydroxylation is 1. The third kappa shape index (κ3) is 4.05. The Morgan fingerprint density at radius 1 is 1.40 bits per heavy atom. The van der Waals surface area contributed by atoms with Gasteiger partial charge in [-0.05, 0) is 25.3 Å². The lowest BCUT2D eigenvalue weighted by atomic mass is 10.2. The van der Waals surface area contributed by atoms with Gasteiger partial charge in [0.25, 0.3) is 0 Å². The Hall–Kier alpha value is -1.40. The van der Waals surface area contributed by atoms with Crippen LogP contribution in [0.15, 0.2) is 24.3 Å². The molecule has 1 aliphatic heterocycles. The summed E-state index contributed by atoms with van der Waals surface area (Å²) in [6, 6.07) is 7.35. The molecular formula is C14H18O5S. The molecule has 2 unspecified atom stereocenters. The third-order valence-electron chi connectivity index (χ3n) is 3.29. The summed E-state index contributed by atoms with van der Waals surface area (Å²) >= 11 is 0. The first-order valence-corrected chi connectivity index (χ1v) is 8.32. The van der Waals surface area contributed by atoms with Crippen molar-refractivity contribution >= 4 is 15.8 Å². The molecular weight excluding hydrogens is 280 g/mol. The number of hydrogen-bond donors (Lipinski definition) is 1. The number of aliphatic carboxylic acids is 1. The van der Waals surface area contributed by atoms with E-state index in [-0.39, 0.29) is 11.5 Å². The van der Waals surface area contributed by atoms with Gasteiger partial charge < -0.3 is 9.84 Å². The van der Waals surface area contributed by atoms with Gasteiger partial charge in [-0.3, -0.25) is 0 Å². The molecule has 0 spiro atoms. The van der Waals surface area contributed by atoms with E-state index in [1.165, 1.54) is 0 Å². The summed E-state index contributed by atoms with van der Waals surface area (Å²) in [6.07, 6.45) is -0.524. The Labute approximate surface area is 118 Å². The number of ether oxygens (including phenoxy) is 1. The third-order valence-corrected chi connectivity index (χ3v) is 4.94. The fourth-order valence-electron chi connectivity index (χ4n) is 2.41. The van der Waals surface area contributed by atoms with Crippen molar-refractivity contribution in [3.8, 4) is 0 Å². The first-order valence-electron chi connectivity index (χ1n) is 6.50. The Morgan fingerprint density at radius 3 is 2.75 bits per heavy atom. The smallest absolute Gasteiger partial charge is 0.332 e. The molecule has 1 aliphatic rings. The predicted octanol–water partition coefficient (Wildman–Crippen LogP) is 1.54. The van der Waals surface area contributed by atoms with Gasteiger partial charge in [-0.2, -0.15) is 0 Å². The number of carboxylic acids is 1. The van der Waals surface area contributed by atoms with Crippen LogP contribution in [-0.4, -0.2) is 37.5 Å². The molecule has 2 rings (SSSR count). The standard InChI is InChI=1S/C14H18O5S/c1-10-3-2-4-11(7-10)8-20(17,18)9-12-5-6-13(19-12)14(15)16/h2-4,7,12-13H,5-6,8-9H2,1H3,(H,15,16). The van der Waals surface area contributed by atoms with Gasteiger partial charge in [-0.1, -0.05) is 29.8 Å². The summed E-state index contributed by atoms with van der Waals surface area (Å²) in [5.74, 6) is -1.18. The van der Waals surface area contributed by atoms with Gasteiger partial charge in [0.15, 0.2) is 15.9 Å². The highest BCUT2D eigenvalue weighted by molar-refractivity contribution is 7.90. The molecule has 1 heterocycles. The monoisotopic (exact) mass is 298 g/mol. The summed E-state index contributed by atoms with van der Waals surface area (Å²) in [4.78, 5) is 10.8. The number of rotatable bonds is 5. The predicted molar refractivity (Wildman–Crippen MR) is 74.2 cm³/mol. The number of benzene rings is 1. The van der Waals surface area contributed by atoms with Gasteiger partial charge in [0.2, 0.25) is 0 Å². The van der Waals surface area contributed by atoms with Gasteiger partial charge in [-0.15, -0.1) is 0 Å². The van der Waals surface area contributed by atoms with Gasteiger partial charge in [0, 0.05) is 0 Å². The van der Waals surface area contributed by atoms with Crippen molar-refractivity contribution in [2.45, 2.75) is 37.7 Å². The normalized spacial score (nSPS) is 22.9. The van der Waals surface area contributed by atoms with E-state index in [1.807, 2.05) is 25.1 Å². The molecule has 1 saturated heterocycles. The zero-order chi connectivity index (χ0) is 14.8. The topological polar surface area (TPSA) is 80.7 Å². The van der Waals surface area contributed by atoms with Crippen LogP contribution in [0.3, 0.4) is 0 Å². The summed E-state index contributed by atoms with van der Waals surface area (Å²) in [7, 11) is -3.30. The van der Waals surface area contributed by atoms with E-state index < -0.39 is 28.0 Å². The Kier molecular flexibility index (Phi) is 4.45. The molecule has 2 atom stereocenters. The van der Waals surface area contributed by atoms with Crippen molar-refractivity contribution in [1.82, 2.24) is 0 Å². The maximum absolute atomic E-state index is 12.1. The first kappa shape index (κ1) is 15.0. The molecule has 6 heteroatoms. The highest BCUT2D eigenvalue weighted by Crippen LogP contribution is 2.22. The van der Waals surface area contributed by atoms with Crippen LogP contribution >= 0.6 is 0 Å². The van der Waals surface area contributed by atoms with Gasteiger partial charge in [0.05, 0.1) is 17.6 Å². The molecule has 0 saturated carbocycles.